The number of nitrogens with zero attached hydrogens (tertiary/aromatic N) is 12. The molecular formula is C86H234N44. The van der Waals surface area contributed by atoms with E-state index in [4.69, 9.17) is 172 Å². The van der Waals surface area contributed by atoms with Gasteiger partial charge in [0, 0.05) is 288 Å². The lowest BCUT2D eigenvalue weighted by atomic mass is 10.2. The Morgan fingerprint density at radius 2 is 0.200 bits per heavy atom. The second-order valence-corrected chi connectivity index (χ2v) is 31.9. The van der Waals surface area contributed by atoms with E-state index in [9.17, 15) is 0 Å². The first-order valence-electron chi connectivity index (χ1n) is 50.5. The molecule has 0 heterocycles. The van der Waals surface area contributed by atoms with Crippen LogP contribution in [0.15, 0.2) is 0 Å². The average Bonchev–Trinajstić information content (AvgIpc) is 0.935. The molecule has 798 valence electrons. The van der Waals surface area contributed by atoms with E-state index in [1.165, 1.54) is 25.7 Å². The molecule has 0 radical (unpaired) electrons. The lowest BCUT2D eigenvalue weighted by Gasteiger charge is -2.31. The Hall–Kier alpha value is -1.76. The molecule has 0 aliphatic carbocycles. The van der Waals surface area contributed by atoms with Crippen LogP contribution in [0.5, 0.6) is 0 Å². The van der Waals surface area contributed by atoms with E-state index in [1.807, 2.05) is 0 Å². The molecule has 0 aromatic rings. The first-order valence-corrected chi connectivity index (χ1v) is 50.5. The lowest BCUT2D eigenvalue weighted by Crippen LogP contribution is -2.44. The van der Waals surface area contributed by atoms with Gasteiger partial charge in [-0.2, -0.15) is 0 Å². The molecule has 0 unspecified atom stereocenters. The summed E-state index contributed by atoms with van der Waals surface area (Å²) < 4.78 is 0. The molecule has 130 heavy (non-hydrogen) atoms. The molecule has 0 saturated heterocycles. The summed E-state index contributed by atoms with van der Waals surface area (Å²) in [6, 6.07) is 0. The van der Waals surface area contributed by atoms with E-state index >= 15 is 0 Å². The van der Waals surface area contributed by atoms with Gasteiger partial charge < -0.3 is 217 Å². The molecule has 0 aliphatic rings. The Kier molecular flexibility index (Phi) is 152. The Labute approximate surface area is 798 Å². The first-order chi connectivity index (χ1) is 63.4. The maximum absolute atomic E-state index is 5.85. The lowest BCUT2D eigenvalue weighted by molar-refractivity contribution is 0.165. The highest BCUT2D eigenvalue weighted by molar-refractivity contribution is 4.74. The number of nitrogens with two attached hydrogens (primary N) is 30. The van der Waals surface area contributed by atoms with Gasteiger partial charge in [-0.15, -0.1) is 0 Å². The molecule has 0 saturated carbocycles. The van der Waals surface area contributed by atoms with Crippen LogP contribution < -0.4 is 183 Å². The highest BCUT2D eigenvalue weighted by Gasteiger charge is 2.16. The maximum atomic E-state index is 5.85. The van der Waals surface area contributed by atoms with E-state index in [1.54, 1.807) is 0 Å². The quantitative estimate of drug-likeness (QED) is 0.0251. The third kappa shape index (κ3) is 126. The van der Waals surface area contributed by atoms with Crippen molar-refractivity contribution < 1.29 is 0 Å². The molecule has 0 rings (SSSR count). The molecular weight excluding hydrogens is 1650 g/mol. The smallest absolute Gasteiger partial charge is 0.0110 e. The van der Waals surface area contributed by atoms with Crippen molar-refractivity contribution in [1.29, 1.82) is 0 Å². The molecule has 0 spiro atoms. The van der Waals surface area contributed by atoms with Gasteiger partial charge in [0.1, 0.15) is 0 Å². The Morgan fingerprint density at radius 1 is 0.0846 bits per heavy atom. The Morgan fingerprint density at radius 3 is 0.323 bits per heavy atom. The van der Waals surface area contributed by atoms with Crippen LogP contribution in [0.3, 0.4) is 0 Å². The molecule has 0 aromatic heterocycles. The largest absolute Gasteiger partial charge is 0.330 e. The monoisotopic (exact) mass is 1880 g/mol. The minimum Gasteiger partial charge on any atom is -0.330 e. The van der Waals surface area contributed by atoms with Crippen LogP contribution in [0.2, 0.25) is 0 Å². The van der Waals surface area contributed by atoms with Crippen LogP contribution in [0.4, 0.5) is 0 Å². The van der Waals surface area contributed by atoms with Gasteiger partial charge in [0.05, 0.1) is 0 Å². The maximum Gasteiger partial charge on any atom is 0.0110 e. The van der Waals surface area contributed by atoms with Gasteiger partial charge in [-0.25, -0.2) is 0 Å². The van der Waals surface area contributed by atoms with Crippen molar-refractivity contribution >= 4 is 0 Å². The van der Waals surface area contributed by atoms with Crippen molar-refractivity contribution in [3.05, 3.63) is 0 Å². The first kappa shape index (κ1) is 146. The number of rotatable bonds is 91. The van der Waals surface area contributed by atoms with Crippen molar-refractivity contribution in [1.82, 2.24) is 69.4 Å². The zero-order chi connectivity index (χ0) is 99.2. The summed E-state index contributed by atoms with van der Waals surface area (Å²) in [6.45, 7) is 60.4. The second kappa shape index (κ2) is 136. The summed E-state index contributed by atoms with van der Waals surface area (Å²) >= 11 is 0. The number of unbranched alkanes of at least 4 members (excludes halogenated alkanes) is 3. The van der Waals surface area contributed by atoms with Crippen molar-refractivity contribution in [2.45, 2.75) is 103 Å². The molecule has 0 aromatic carbocycles. The summed E-state index contributed by atoms with van der Waals surface area (Å²) in [5, 5.41) is 6.26. The number of hydrogen-bond donors (Lipinski definition) is 32. The van der Waals surface area contributed by atoms with Gasteiger partial charge in [-0.1, -0.05) is 0 Å². The third-order valence-corrected chi connectivity index (χ3v) is 20.3. The Balaban J connectivity index is -0.000000201. The van der Waals surface area contributed by atoms with Gasteiger partial charge in [-0.3, -0.25) is 24.5 Å². The van der Waals surface area contributed by atoms with Crippen LogP contribution in [0.1, 0.15) is 103 Å². The van der Waals surface area contributed by atoms with Crippen LogP contribution in [0.25, 0.3) is 0 Å². The predicted molar refractivity (Wildman–Crippen MR) is 569 cm³/mol. The van der Waals surface area contributed by atoms with Crippen LogP contribution in [0, 0.1) is 0 Å². The van der Waals surface area contributed by atoms with Gasteiger partial charge >= 0.3 is 0 Å². The van der Waals surface area contributed by atoms with E-state index in [0.717, 1.165) is 411 Å². The summed E-state index contributed by atoms with van der Waals surface area (Å²) in [5.41, 5.74) is 165. The fourth-order valence-electron chi connectivity index (χ4n) is 13.1. The van der Waals surface area contributed by atoms with E-state index in [2.05, 4.69) is 69.4 Å². The fraction of sp³-hybridized carbons (Fsp3) is 1.00. The minimum atomic E-state index is 0.597. The van der Waals surface area contributed by atoms with Crippen molar-refractivity contribution in [2.75, 3.05) is 458 Å². The van der Waals surface area contributed by atoms with Crippen molar-refractivity contribution in [2.24, 2.45) is 172 Å². The van der Waals surface area contributed by atoms with Gasteiger partial charge in [0.25, 0.3) is 0 Å². The number of hydrogen-bond acceptors (Lipinski definition) is 44. The molecule has 44 heteroatoms. The summed E-state index contributed by atoms with van der Waals surface area (Å²) in [7, 11) is 0. The second-order valence-electron chi connectivity index (χ2n) is 31.9. The zero-order valence-corrected chi connectivity index (χ0v) is 84.5. The summed E-state index contributed by atoms with van der Waals surface area (Å²) in [6.07, 6.45) is 17.6. The average molecular weight is 1890 g/mol. The van der Waals surface area contributed by atoms with Crippen molar-refractivity contribution in [3.63, 3.8) is 0 Å². The SMILES string of the molecule is NCCCN.NCCCN(CCCN)CCCCN(CCCN)CCCN.NCCCN(CCCN)CCCN.NCCCNCCCN.NCCN.NCCN(CCN)CCCCN(CCN)CCN.NCCN(CCN)CCN.NCCN(CCN)CCN(CCCCN(CCN(CCN)CCN)CCN(CCN)CCN)CCN(CCN)CCN.NCCNCCN. The van der Waals surface area contributed by atoms with Crippen LogP contribution >= 0.6 is 0 Å². The van der Waals surface area contributed by atoms with Crippen molar-refractivity contribution in [3.8, 4) is 0 Å². The van der Waals surface area contributed by atoms with Gasteiger partial charge in [-0.05, 0) is 273 Å². The predicted octanol–water partition coefficient (Wildman–Crippen LogP) is -13.3. The topological polar surface area (TPSA) is 844 Å². The standard InChI is InChI=1S/C28H72N14.C16H40N6.C12H32N6.C9H24N4.C6H18N4.C6H17N3.C4H13N3.C3H10N2.C2H8N2/c29-3-13-39(14-4-30)25-21-37(22-26-40(15-5-31)16-6-32)11-1-2-12-38(23-27-41(17-7-33)18-8-34)24-28-42(19-9-35)20-10-36;17-7-3-13-21(14-4-8-18)11-1-2-12-22(15-5-9-19)16-6-10-20;13-3-9-17(10-4-14)7-1-2-8-18(11-5-15)12-6-16;10-4-1-7-13(8-2-5-11)9-3-6-12;7-1-4-10(5-2-8)6-3-9;7-3-1-5-9-6-2-4-8;5-1-3-7-4-2-6;4-2-1-3-5;3-1-2-4/h1-36H2;1-20H2;1-16H2;1-12H2;1-9H2;9H,1-8H2;7H,1-6H2;1-5H2;1-4H2. The summed E-state index contributed by atoms with van der Waals surface area (Å²) in [5.74, 6) is 0. The molecule has 0 aliphatic heterocycles. The molecule has 0 bridgehead atoms. The fourth-order valence-corrected chi connectivity index (χ4v) is 13.1. The molecule has 44 nitrogen and oxygen atoms in total. The van der Waals surface area contributed by atoms with Gasteiger partial charge in [0.15, 0.2) is 0 Å². The normalized spacial score (nSPS) is 11.3. The highest BCUT2D eigenvalue weighted by atomic mass is 15.3. The molecule has 0 fully saturated rings. The highest BCUT2D eigenvalue weighted by Crippen LogP contribution is 2.06. The zero-order valence-electron chi connectivity index (χ0n) is 84.5. The van der Waals surface area contributed by atoms with Crippen LogP contribution in [-0.2, 0) is 0 Å². The summed E-state index contributed by atoms with van der Waals surface area (Å²) in [4.78, 5) is 28.9. The van der Waals surface area contributed by atoms with E-state index in [0.29, 0.717) is 124 Å². The minimum absolute atomic E-state index is 0.597. The number of nitrogens with one attached hydrogen (secondary N) is 2. The third-order valence-electron chi connectivity index (χ3n) is 20.3. The Bertz CT molecular complexity index is 1620. The molecule has 62 N–H and O–H groups in total. The molecule has 0 amide bonds. The molecule has 0 atom stereocenters. The van der Waals surface area contributed by atoms with Gasteiger partial charge in [0.2, 0.25) is 0 Å². The van der Waals surface area contributed by atoms with Crippen LogP contribution in [-0.4, -0.2) is 517 Å². The van der Waals surface area contributed by atoms with E-state index in [-0.39, 0.29) is 0 Å². The van der Waals surface area contributed by atoms with E-state index < -0.39 is 0 Å².